The van der Waals surface area contributed by atoms with Crippen molar-refractivity contribution in [3.63, 3.8) is 0 Å². The standard InChI is InChI=1S/C16H20N4O2/c1-8-14-11(15(21)18-13(7-17)10-4-5-10)6-12(9-2-3-9)19-16(14)22-20-8/h6,9-10,13H,2-5,7,17H2,1H3,(H,18,21). The molecule has 2 aliphatic carbocycles. The van der Waals surface area contributed by atoms with Crippen molar-refractivity contribution in [2.24, 2.45) is 11.7 Å². The molecule has 3 N–H and O–H groups in total. The van der Waals surface area contributed by atoms with E-state index in [2.05, 4.69) is 15.5 Å². The molecule has 2 aromatic heterocycles. The first kappa shape index (κ1) is 13.7. The number of hydrogen-bond acceptors (Lipinski definition) is 5. The summed E-state index contributed by atoms with van der Waals surface area (Å²) in [7, 11) is 0. The van der Waals surface area contributed by atoms with E-state index in [-0.39, 0.29) is 11.9 Å². The summed E-state index contributed by atoms with van der Waals surface area (Å²) in [6, 6.07) is 1.96. The maximum Gasteiger partial charge on any atom is 0.259 e. The molecule has 2 heterocycles. The molecule has 6 heteroatoms. The number of pyridine rings is 1. The number of nitrogens with two attached hydrogens (primary N) is 1. The van der Waals surface area contributed by atoms with Crippen molar-refractivity contribution in [1.82, 2.24) is 15.5 Å². The van der Waals surface area contributed by atoms with Crippen molar-refractivity contribution in [3.8, 4) is 0 Å². The van der Waals surface area contributed by atoms with Crippen LogP contribution in [0, 0.1) is 12.8 Å². The lowest BCUT2D eigenvalue weighted by Gasteiger charge is -2.16. The zero-order chi connectivity index (χ0) is 15.3. The van der Waals surface area contributed by atoms with Crippen molar-refractivity contribution in [2.75, 3.05) is 6.54 Å². The minimum Gasteiger partial charge on any atom is -0.348 e. The minimum absolute atomic E-state index is 0.0558. The molecule has 2 fully saturated rings. The van der Waals surface area contributed by atoms with Gasteiger partial charge in [-0.3, -0.25) is 4.79 Å². The van der Waals surface area contributed by atoms with E-state index in [1.165, 1.54) is 0 Å². The van der Waals surface area contributed by atoms with Crippen LogP contribution in [0.5, 0.6) is 0 Å². The Morgan fingerprint density at radius 2 is 2.23 bits per heavy atom. The molecule has 1 unspecified atom stereocenters. The second kappa shape index (κ2) is 5.05. The molecule has 0 saturated heterocycles. The Hall–Kier alpha value is -1.95. The summed E-state index contributed by atoms with van der Waals surface area (Å²) in [5.41, 5.74) is 8.50. The van der Waals surface area contributed by atoms with Gasteiger partial charge in [0.15, 0.2) is 0 Å². The Labute approximate surface area is 128 Å². The number of carbonyl (C=O) groups excluding carboxylic acids is 1. The molecular formula is C16H20N4O2. The third kappa shape index (κ3) is 2.37. The Morgan fingerprint density at radius 3 is 2.86 bits per heavy atom. The van der Waals surface area contributed by atoms with Crippen molar-refractivity contribution in [2.45, 2.75) is 44.6 Å². The van der Waals surface area contributed by atoms with Crippen LogP contribution in [-0.4, -0.2) is 28.6 Å². The second-order valence-electron chi connectivity index (χ2n) is 6.47. The number of nitrogens with one attached hydrogen (secondary N) is 1. The molecule has 0 spiro atoms. The van der Waals surface area contributed by atoms with E-state index < -0.39 is 0 Å². The van der Waals surface area contributed by atoms with Crippen LogP contribution in [0.4, 0.5) is 0 Å². The van der Waals surface area contributed by atoms with Gasteiger partial charge in [0.1, 0.15) is 0 Å². The van der Waals surface area contributed by atoms with Crippen LogP contribution in [0.25, 0.3) is 11.1 Å². The second-order valence-corrected chi connectivity index (χ2v) is 6.47. The number of amides is 1. The lowest BCUT2D eigenvalue weighted by molar-refractivity contribution is 0.0935. The van der Waals surface area contributed by atoms with Crippen LogP contribution >= 0.6 is 0 Å². The van der Waals surface area contributed by atoms with Crippen LogP contribution in [-0.2, 0) is 0 Å². The molecule has 1 atom stereocenters. The first-order valence-corrected chi connectivity index (χ1v) is 7.95. The molecule has 2 aliphatic rings. The number of fused-ring (bicyclic) bond motifs is 1. The molecule has 0 bridgehead atoms. The number of carbonyl (C=O) groups is 1. The van der Waals surface area contributed by atoms with Crippen LogP contribution in [0.15, 0.2) is 10.6 Å². The fourth-order valence-electron chi connectivity index (χ4n) is 3.00. The predicted octanol–water partition coefficient (Wildman–Crippen LogP) is 1.88. The first-order valence-electron chi connectivity index (χ1n) is 7.95. The van der Waals surface area contributed by atoms with Crippen LogP contribution < -0.4 is 11.1 Å². The topological polar surface area (TPSA) is 94.0 Å². The van der Waals surface area contributed by atoms with E-state index in [0.29, 0.717) is 40.7 Å². The highest BCUT2D eigenvalue weighted by atomic mass is 16.5. The Balaban J connectivity index is 1.71. The van der Waals surface area contributed by atoms with Crippen LogP contribution in [0.2, 0.25) is 0 Å². The van der Waals surface area contributed by atoms with Crippen molar-refractivity contribution in [3.05, 3.63) is 23.0 Å². The molecule has 4 rings (SSSR count). The lowest BCUT2D eigenvalue weighted by atomic mass is 10.1. The highest BCUT2D eigenvalue weighted by Crippen LogP contribution is 2.40. The summed E-state index contributed by atoms with van der Waals surface area (Å²) in [6.45, 7) is 2.31. The van der Waals surface area contributed by atoms with Gasteiger partial charge in [-0.1, -0.05) is 5.16 Å². The molecule has 22 heavy (non-hydrogen) atoms. The maximum absolute atomic E-state index is 12.7. The largest absolute Gasteiger partial charge is 0.348 e. The van der Waals surface area contributed by atoms with E-state index in [1.54, 1.807) is 0 Å². The van der Waals surface area contributed by atoms with Crippen molar-refractivity contribution < 1.29 is 9.32 Å². The van der Waals surface area contributed by atoms with Gasteiger partial charge >= 0.3 is 0 Å². The minimum atomic E-state index is -0.0945. The maximum atomic E-state index is 12.7. The Kier molecular flexibility index (Phi) is 3.14. The third-order valence-electron chi connectivity index (χ3n) is 4.64. The summed E-state index contributed by atoms with van der Waals surface area (Å²) in [5.74, 6) is 0.885. The molecule has 0 aromatic carbocycles. The fraction of sp³-hybridized carbons (Fsp3) is 0.562. The van der Waals surface area contributed by atoms with Gasteiger partial charge in [-0.25, -0.2) is 4.98 Å². The Morgan fingerprint density at radius 1 is 1.45 bits per heavy atom. The number of aromatic nitrogens is 2. The van der Waals surface area contributed by atoms with Gasteiger partial charge in [-0.05, 0) is 44.6 Å². The molecular weight excluding hydrogens is 280 g/mol. The average molecular weight is 300 g/mol. The smallest absolute Gasteiger partial charge is 0.259 e. The van der Waals surface area contributed by atoms with Gasteiger partial charge in [0.2, 0.25) is 0 Å². The quantitative estimate of drug-likeness (QED) is 0.879. The van der Waals surface area contributed by atoms with Gasteiger partial charge in [-0.2, -0.15) is 0 Å². The first-order chi connectivity index (χ1) is 10.7. The van der Waals surface area contributed by atoms with E-state index in [9.17, 15) is 4.79 Å². The fourth-order valence-corrected chi connectivity index (χ4v) is 3.00. The highest BCUT2D eigenvalue weighted by Gasteiger charge is 2.33. The van der Waals surface area contributed by atoms with Gasteiger partial charge in [0.05, 0.1) is 16.6 Å². The molecule has 6 nitrogen and oxygen atoms in total. The van der Waals surface area contributed by atoms with Crippen molar-refractivity contribution >= 4 is 17.0 Å². The monoisotopic (exact) mass is 300 g/mol. The summed E-state index contributed by atoms with van der Waals surface area (Å²) in [4.78, 5) is 17.3. The average Bonchev–Trinajstić information content (AvgIpc) is 3.42. The summed E-state index contributed by atoms with van der Waals surface area (Å²) < 4.78 is 5.28. The van der Waals surface area contributed by atoms with E-state index in [0.717, 1.165) is 31.4 Å². The zero-order valence-electron chi connectivity index (χ0n) is 12.6. The van der Waals surface area contributed by atoms with Crippen LogP contribution in [0.1, 0.15) is 53.3 Å². The molecule has 0 radical (unpaired) electrons. The number of nitrogens with zero attached hydrogens (tertiary/aromatic N) is 2. The van der Waals surface area contributed by atoms with Gasteiger partial charge in [0, 0.05) is 24.2 Å². The third-order valence-corrected chi connectivity index (χ3v) is 4.64. The molecule has 1 amide bonds. The molecule has 0 aliphatic heterocycles. The Bertz CT molecular complexity index is 731. The SMILES string of the molecule is Cc1noc2nc(C3CC3)cc(C(=O)NC(CN)C3CC3)c12. The van der Waals surface area contributed by atoms with Gasteiger partial charge < -0.3 is 15.6 Å². The number of rotatable bonds is 5. The van der Waals surface area contributed by atoms with E-state index >= 15 is 0 Å². The predicted molar refractivity (Wildman–Crippen MR) is 81.5 cm³/mol. The van der Waals surface area contributed by atoms with E-state index in [1.807, 2.05) is 13.0 Å². The van der Waals surface area contributed by atoms with Crippen molar-refractivity contribution in [1.29, 1.82) is 0 Å². The molecule has 2 saturated carbocycles. The number of aryl methyl sites for hydroxylation is 1. The molecule has 2 aromatic rings. The van der Waals surface area contributed by atoms with Crippen LogP contribution in [0.3, 0.4) is 0 Å². The number of hydrogen-bond donors (Lipinski definition) is 2. The van der Waals surface area contributed by atoms with Gasteiger partial charge in [-0.15, -0.1) is 0 Å². The highest BCUT2D eigenvalue weighted by molar-refractivity contribution is 6.06. The summed E-state index contributed by atoms with van der Waals surface area (Å²) in [6.07, 6.45) is 4.54. The summed E-state index contributed by atoms with van der Waals surface area (Å²) >= 11 is 0. The normalized spacial score (nSPS) is 19.4. The van der Waals surface area contributed by atoms with Gasteiger partial charge in [0.25, 0.3) is 11.6 Å². The van der Waals surface area contributed by atoms with E-state index in [4.69, 9.17) is 10.3 Å². The lowest BCUT2D eigenvalue weighted by Crippen LogP contribution is -2.41. The zero-order valence-corrected chi connectivity index (χ0v) is 12.6. The molecule has 116 valence electrons. The summed E-state index contributed by atoms with van der Waals surface area (Å²) in [5, 5.41) is 7.76.